The van der Waals surface area contributed by atoms with Gasteiger partial charge in [-0.3, -0.25) is 14.8 Å². The molecule has 1 aliphatic carbocycles. The van der Waals surface area contributed by atoms with Crippen LogP contribution in [0.25, 0.3) is 5.57 Å². The molecular weight excluding hydrogens is 316 g/mol. The molecule has 0 radical (unpaired) electrons. The summed E-state index contributed by atoms with van der Waals surface area (Å²) in [5, 5.41) is 1.89. The highest BCUT2D eigenvalue weighted by molar-refractivity contribution is 6.19. The van der Waals surface area contributed by atoms with Gasteiger partial charge in [0.05, 0.1) is 37.3 Å². The molecule has 3 heterocycles. The lowest BCUT2D eigenvalue weighted by atomic mass is 9.95. The molecule has 0 amide bonds. The summed E-state index contributed by atoms with van der Waals surface area (Å²) >= 11 is 0. The molecule has 1 aromatic heterocycles. The van der Waals surface area contributed by atoms with Crippen LogP contribution in [-0.2, 0) is 4.84 Å². The van der Waals surface area contributed by atoms with Crippen LogP contribution in [0.15, 0.2) is 27.9 Å². The normalized spacial score (nSPS) is 23.2. The van der Waals surface area contributed by atoms with Gasteiger partial charge >= 0.3 is 0 Å². The van der Waals surface area contributed by atoms with Crippen molar-refractivity contribution in [1.82, 2.24) is 15.0 Å². The van der Waals surface area contributed by atoms with E-state index < -0.39 is 0 Å². The van der Waals surface area contributed by atoms with Crippen LogP contribution in [0.4, 0.5) is 5.95 Å². The third-order valence-corrected chi connectivity index (χ3v) is 5.08. The van der Waals surface area contributed by atoms with E-state index in [2.05, 4.69) is 9.97 Å². The number of hydrogen-bond donors (Lipinski definition) is 1. The van der Waals surface area contributed by atoms with Crippen molar-refractivity contribution in [3.8, 4) is 0 Å². The number of hydroxylamine groups is 2. The van der Waals surface area contributed by atoms with E-state index in [1.807, 2.05) is 11.1 Å². The summed E-state index contributed by atoms with van der Waals surface area (Å²) in [4.78, 5) is 23.7. The summed E-state index contributed by atoms with van der Waals surface area (Å²) in [6, 6.07) is 2.34. The van der Waals surface area contributed by atoms with Crippen molar-refractivity contribution in [2.45, 2.75) is 44.6 Å². The van der Waals surface area contributed by atoms with Crippen LogP contribution in [0.1, 0.15) is 44.2 Å². The smallest absolute Gasteiger partial charge is 0.220 e. The van der Waals surface area contributed by atoms with Gasteiger partial charge in [-0.15, -0.1) is 0 Å². The molecule has 1 aromatic rings. The van der Waals surface area contributed by atoms with Gasteiger partial charge in [0.15, 0.2) is 0 Å². The van der Waals surface area contributed by atoms with E-state index in [1.54, 1.807) is 13.3 Å². The molecule has 2 N–H and O–H groups in total. The molecular formula is C18H24N6O. The fourth-order valence-electron chi connectivity index (χ4n) is 3.88. The van der Waals surface area contributed by atoms with E-state index in [-0.39, 0.29) is 5.95 Å². The zero-order valence-corrected chi connectivity index (χ0v) is 14.6. The molecule has 25 heavy (non-hydrogen) atoms. The number of fused-ring (bicyclic) bond motifs is 1. The number of nitrogens with two attached hydrogens (primary N) is 1. The molecule has 1 saturated carbocycles. The van der Waals surface area contributed by atoms with E-state index in [0.29, 0.717) is 19.1 Å². The maximum atomic E-state index is 5.74. The van der Waals surface area contributed by atoms with Crippen LogP contribution in [0, 0.1) is 0 Å². The Morgan fingerprint density at radius 1 is 1.28 bits per heavy atom. The van der Waals surface area contributed by atoms with E-state index >= 15 is 0 Å². The van der Waals surface area contributed by atoms with Crippen molar-refractivity contribution in [1.29, 1.82) is 0 Å². The van der Waals surface area contributed by atoms with Crippen molar-refractivity contribution in [2.75, 3.05) is 25.9 Å². The van der Waals surface area contributed by atoms with Crippen LogP contribution in [0.5, 0.6) is 0 Å². The fourth-order valence-corrected chi connectivity index (χ4v) is 3.88. The Bertz CT molecular complexity index is 748. The van der Waals surface area contributed by atoms with Crippen molar-refractivity contribution < 1.29 is 4.84 Å². The van der Waals surface area contributed by atoms with E-state index in [0.717, 1.165) is 29.1 Å². The second kappa shape index (κ2) is 6.92. The van der Waals surface area contributed by atoms with Crippen LogP contribution >= 0.6 is 0 Å². The Labute approximate surface area is 147 Å². The molecule has 2 aliphatic heterocycles. The first-order valence-electron chi connectivity index (χ1n) is 8.97. The van der Waals surface area contributed by atoms with Crippen molar-refractivity contribution in [3.63, 3.8) is 0 Å². The summed E-state index contributed by atoms with van der Waals surface area (Å²) in [5.41, 5.74) is 10.8. The number of nitrogen functional groups attached to an aromatic ring is 1. The molecule has 1 saturated heterocycles. The minimum atomic E-state index is 0.276. The molecule has 4 rings (SSSR count). The molecule has 7 heteroatoms. The van der Waals surface area contributed by atoms with Gasteiger partial charge in [0.2, 0.25) is 5.95 Å². The molecule has 0 atom stereocenters. The second-order valence-corrected chi connectivity index (χ2v) is 6.77. The molecule has 132 valence electrons. The topological polar surface area (TPSA) is 89.0 Å². The number of allylic oxidation sites excluding steroid dienone is 1. The molecule has 3 aliphatic rings. The van der Waals surface area contributed by atoms with Crippen LogP contribution < -0.4 is 5.73 Å². The standard InChI is InChI=1S/C18H24N6O/c1-25-24-11-13(22-12-5-3-2-4-6-12)9-16-17(24)14(10-21-16)15-7-8-20-18(19)23-15/h7-8,12H,2-6,9-11H2,1H3,(H2,19,20,23). The monoisotopic (exact) mass is 340 g/mol. The highest BCUT2D eigenvalue weighted by atomic mass is 16.7. The highest BCUT2D eigenvalue weighted by Gasteiger charge is 2.33. The van der Waals surface area contributed by atoms with E-state index in [1.165, 1.54) is 37.8 Å². The number of piperidine rings is 1. The van der Waals surface area contributed by atoms with Gasteiger partial charge in [0.25, 0.3) is 0 Å². The average molecular weight is 340 g/mol. The van der Waals surface area contributed by atoms with Gasteiger partial charge in [-0.05, 0) is 18.9 Å². The first kappa shape index (κ1) is 16.2. The number of anilines is 1. The number of hydrogen-bond acceptors (Lipinski definition) is 7. The van der Waals surface area contributed by atoms with Crippen LogP contribution in [0.3, 0.4) is 0 Å². The molecule has 7 nitrogen and oxygen atoms in total. The van der Waals surface area contributed by atoms with Gasteiger partial charge < -0.3 is 5.73 Å². The van der Waals surface area contributed by atoms with Crippen molar-refractivity contribution in [3.05, 3.63) is 23.7 Å². The van der Waals surface area contributed by atoms with E-state index in [4.69, 9.17) is 20.6 Å². The Kier molecular flexibility index (Phi) is 4.48. The number of aromatic nitrogens is 2. The third kappa shape index (κ3) is 3.28. The molecule has 0 bridgehead atoms. The first-order chi connectivity index (χ1) is 12.2. The first-order valence-corrected chi connectivity index (χ1v) is 8.97. The van der Waals surface area contributed by atoms with Gasteiger partial charge in [-0.25, -0.2) is 15.0 Å². The number of nitrogens with zero attached hydrogens (tertiary/aromatic N) is 5. The van der Waals surface area contributed by atoms with Crippen LogP contribution in [-0.4, -0.2) is 52.7 Å². The summed E-state index contributed by atoms with van der Waals surface area (Å²) in [5.74, 6) is 0.276. The highest BCUT2D eigenvalue weighted by Crippen LogP contribution is 2.32. The summed E-state index contributed by atoms with van der Waals surface area (Å²) in [6.07, 6.45) is 8.82. The third-order valence-electron chi connectivity index (χ3n) is 5.08. The van der Waals surface area contributed by atoms with Gasteiger partial charge in [0.1, 0.15) is 0 Å². The summed E-state index contributed by atoms with van der Waals surface area (Å²) in [6.45, 7) is 1.28. The Morgan fingerprint density at radius 3 is 2.88 bits per heavy atom. The Morgan fingerprint density at radius 2 is 2.12 bits per heavy atom. The fraction of sp³-hybridized carbons (Fsp3) is 0.556. The molecule has 0 aromatic carbocycles. The predicted octanol–water partition coefficient (Wildman–Crippen LogP) is 2.27. The molecule has 0 spiro atoms. The van der Waals surface area contributed by atoms with Gasteiger partial charge in [0, 0.05) is 29.9 Å². The lowest BCUT2D eigenvalue weighted by Gasteiger charge is -2.31. The lowest BCUT2D eigenvalue weighted by Crippen LogP contribution is -2.39. The number of rotatable bonds is 3. The minimum Gasteiger partial charge on any atom is -0.368 e. The zero-order valence-electron chi connectivity index (χ0n) is 14.6. The van der Waals surface area contributed by atoms with Crippen molar-refractivity contribution >= 4 is 22.9 Å². The maximum Gasteiger partial charge on any atom is 0.220 e. The average Bonchev–Trinajstić information content (AvgIpc) is 3.06. The second-order valence-electron chi connectivity index (χ2n) is 6.77. The molecule has 0 unspecified atom stereocenters. The Hall–Kier alpha value is -2.28. The summed E-state index contributed by atoms with van der Waals surface area (Å²) < 4.78 is 0. The molecule has 2 fully saturated rings. The van der Waals surface area contributed by atoms with E-state index in [9.17, 15) is 0 Å². The predicted molar refractivity (Wildman–Crippen MR) is 98.3 cm³/mol. The quantitative estimate of drug-likeness (QED) is 0.912. The van der Waals surface area contributed by atoms with Crippen molar-refractivity contribution in [2.24, 2.45) is 9.98 Å². The minimum absolute atomic E-state index is 0.276. The van der Waals surface area contributed by atoms with Gasteiger partial charge in [-0.2, -0.15) is 0 Å². The zero-order chi connectivity index (χ0) is 17.2. The Balaban J connectivity index is 1.62. The van der Waals surface area contributed by atoms with Crippen LogP contribution in [0.2, 0.25) is 0 Å². The van der Waals surface area contributed by atoms with Gasteiger partial charge in [-0.1, -0.05) is 19.3 Å². The largest absolute Gasteiger partial charge is 0.368 e. The lowest BCUT2D eigenvalue weighted by molar-refractivity contribution is -0.0824. The number of aliphatic imine (C=N–C) groups is 2. The summed E-state index contributed by atoms with van der Waals surface area (Å²) in [7, 11) is 1.69. The maximum absolute atomic E-state index is 5.74. The SMILES string of the molecule is CON1CC(=NC2CCCCC2)CC2=NCC(c3ccnc(N)n3)=C21.